The molecule has 3 N–H and O–H groups in total. The monoisotopic (exact) mass is 578 g/mol. The molecule has 0 radical (unpaired) electrons. The van der Waals surface area contributed by atoms with E-state index in [0.29, 0.717) is 32.1 Å². The molecule has 0 saturated carbocycles. The third-order valence-corrected chi connectivity index (χ3v) is 6.92. The number of unbranched alkanes of at least 4 members (excludes halogenated alkanes) is 3. The van der Waals surface area contributed by atoms with Crippen molar-refractivity contribution < 1.29 is 38.5 Å². The van der Waals surface area contributed by atoms with Crippen LogP contribution in [-0.2, 0) is 23.8 Å². The number of rotatable bonds is 17. The highest BCUT2D eigenvalue weighted by atomic mass is 16.6. The number of aliphatic carboxylic acids is 1. The summed E-state index contributed by atoms with van der Waals surface area (Å²) in [5.74, 6) is -1.86. The molecule has 3 rings (SSSR count). The number of esters is 1. The minimum atomic E-state index is -1.14. The number of hydrogen-bond acceptors (Lipinski definition) is 7. The van der Waals surface area contributed by atoms with Crippen LogP contribution >= 0.6 is 0 Å². The zero-order chi connectivity index (χ0) is 30.3. The second-order valence-electron chi connectivity index (χ2n) is 9.86. The molecular weight excluding hydrogens is 540 g/mol. The van der Waals surface area contributed by atoms with Gasteiger partial charge in [0.2, 0.25) is 0 Å². The number of carbonyl (C=O) groups is 4. The molecule has 2 aromatic rings. The summed E-state index contributed by atoms with van der Waals surface area (Å²) in [6, 6.07) is 14.0. The van der Waals surface area contributed by atoms with Crippen molar-refractivity contribution in [3.63, 3.8) is 0 Å². The number of alkyl carbamates (subject to hydrolysis) is 2. The van der Waals surface area contributed by atoms with Gasteiger partial charge >= 0.3 is 24.1 Å². The first-order chi connectivity index (χ1) is 20.3. The predicted molar refractivity (Wildman–Crippen MR) is 157 cm³/mol. The van der Waals surface area contributed by atoms with Crippen molar-refractivity contribution in [2.45, 2.75) is 56.5 Å². The molecule has 0 fully saturated rings. The Labute approximate surface area is 245 Å². The molecule has 0 heterocycles. The van der Waals surface area contributed by atoms with Gasteiger partial charge in [-0.2, -0.15) is 0 Å². The highest BCUT2D eigenvalue weighted by molar-refractivity contribution is 5.82. The van der Waals surface area contributed by atoms with Crippen LogP contribution in [0.4, 0.5) is 9.59 Å². The number of amides is 2. The number of benzene rings is 2. The fourth-order valence-corrected chi connectivity index (χ4v) is 4.90. The maximum absolute atomic E-state index is 12.5. The Morgan fingerprint density at radius 2 is 1.24 bits per heavy atom. The molecule has 0 unspecified atom stereocenters. The highest BCUT2D eigenvalue weighted by Gasteiger charge is 2.30. The topological polar surface area (TPSA) is 140 Å². The quantitative estimate of drug-likeness (QED) is 0.0991. The van der Waals surface area contributed by atoms with Gasteiger partial charge < -0.3 is 30.0 Å². The van der Waals surface area contributed by atoms with Crippen molar-refractivity contribution in [1.82, 2.24) is 10.6 Å². The minimum absolute atomic E-state index is 0.00900. The zero-order valence-electron chi connectivity index (χ0n) is 23.6. The van der Waals surface area contributed by atoms with E-state index in [4.69, 9.17) is 14.2 Å². The van der Waals surface area contributed by atoms with Gasteiger partial charge in [-0.1, -0.05) is 99.5 Å². The maximum atomic E-state index is 12.5. The molecule has 0 bridgehead atoms. The van der Waals surface area contributed by atoms with Gasteiger partial charge in [0.1, 0.15) is 31.9 Å². The van der Waals surface area contributed by atoms with Crippen molar-refractivity contribution in [2.24, 2.45) is 0 Å². The van der Waals surface area contributed by atoms with Crippen LogP contribution in [0, 0.1) is 0 Å². The Bertz CT molecular complexity index is 1220. The van der Waals surface area contributed by atoms with Crippen molar-refractivity contribution in [3.05, 3.63) is 85.0 Å². The largest absolute Gasteiger partial charge is 0.480 e. The molecule has 42 heavy (non-hydrogen) atoms. The van der Waals surface area contributed by atoms with Gasteiger partial charge in [-0.15, -0.1) is 0 Å². The van der Waals surface area contributed by atoms with Crippen molar-refractivity contribution >= 4 is 24.1 Å². The van der Waals surface area contributed by atoms with Crippen LogP contribution in [0.1, 0.15) is 55.6 Å². The van der Waals surface area contributed by atoms with Crippen LogP contribution in [-0.4, -0.2) is 61.1 Å². The van der Waals surface area contributed by atoms with E-state index in [1.807, 2.05) is 48.5 Å². The van der Waals surface area contributed by atoms with Gasteiger partial charge in [-0.3, -0.25) is 0 Å². The summed E-state index contributed by atoms with van der Waals surface area (Å²) >= 11 is 0. The second kappa shape index (κ2) is 16.6. The molecule has 224 valence electrons. The van der Waals surface area contributed by atoms with E-state index in [1.165, 1.54) is 12.2 Å². The summed E-state index contributed by atoms with van der Waals surface area (Å²) in [4.78, 5) is 48.5. The third-order valence-electron chi connectivity index (χ3n) is 6.92. The number of carbonyl (C=O) groups excluding carboxylic acids is 3. The Kier molecular flexibility index (Phi) is 12.6. The molecule has 10 nitrogen and oxygen atoms in total. The van der Waals surface area contributed by atoms with E-state index in [0.717, 1.165) is 22.3 Å². The van der Waals surface area contributed by atoms with Crippen LogP contribution in [0.3, 0.4) is 0 Å². The van der Waals surface area contributed by atoms with Crippen LogP contribution in [0.5, 0.6) is 0 Å². The van der Waals surface area contributed by atoms with E-state index in [-0.39, 0.29) is 32.2 Å². The molecule has 2 amide bonds. The summed E-state index contributed by atoms with van der Waals surface area (Å²) in [6.45, 7) is 7.10. The standard InChI is InChI=1S/C32H38N2O8/c1-3-19-40-30(37)28(34-31(38)41-20-4-2)18-8-6-5-7-17-27(29(35)36)33-32(39)42-21-26-24-15-11-9-13-22(24)23-14-10-12-16-25(23)26/h3-4,9-16,26-28H,1-2,5-8,17-21H2,(H,33,39)(H,34,38)(H,35,36)/t27-,28+/m0/s1. The smallest absolute Gasteiger partial charge is 0.408 e. The van der Waals surface area contributed by atoms with E-state index < -0.39 is 36.2 Å². The Morgan fingerprint density at radius 1 is 0.738 bits per heavy atom. The summed E-state index contributed by atoms with van der Waals surface area (Å²) < 4.78 is 15.4. The third kappa shape index (κ3) is 9.22. The van der Waals surface area contributed by atoms with Crippen LogP contribution in [0.25, 0.3) is 11.1 Å². The number of carboxylic acids is 1. The molecule has 0 aromatic heterocycles. The lowest BCUT2D eigenvalue weighted by molar-refractivity contribution is -0.145. The molecule has 10 heteroatoms. The molecule has 0 saturated heterocycles. The molecule has 2 aromatic carbocycles. The van der Waals surface area contributed by atoms with Gasteiger partial charge in [0.15, 0.2) is 0 Å². The highest BCUT2D eigenvalue weighted by Crippen LogP contribution is 2.44. The van der Waals surface area contributed by atoms with Gasteiger partial charge in [0, 0.05) is 5.92 Å². The zero-order valence-corrected chi connectivity index (χ0v) is 23.6. The van der Waals surface area contributed by atoms with Crippen molar-refractivity contribution in [2.75, 3.05) is 19.8 Å². The SMILES string of the molecule is C=CCOC(=O)N[C@H](CCCCCC[C@H](NC(=O)OCC1c2ccccc2-c2ccccc21)C(=O)O)C(=O)OCC=C. The molecule has 1 aliphatic rings. The Balaban J connectivity index is 1.42. The summed E-state index contributed by atoms with van der Waals surface area (Å²) in [6.07, 6.45) is 4.29. The fraction of sp³-hybridized carbons (Fsp3) is 0.375. The van der Waals surface area contributed by atoms with Gasteiger partial charge in [-0.25, -0.2) is 19.2 Å². The van der Waals surface area contributed by atoms with Crippen LogP contribution < -0.4 is 10.6 Å². The normalized spacial score (nSPS) is 13.0. The summed E-state index contributed by atoms with van der Waals surface area (Å²) in [7, 11) is 0. The van der Waals surface area contributed by atoms with Gasteiger partial charge in [0.25, 0.3) is 0 Å². The minimum Gasteiger partial charge on any atom is -0.480 e. The van der Waals surface area contributed by atoms with Crippen molar-refractivity contribution in [3.8, 4) is 11.1 Å². The number of carboxylic acid groups (broad SMARTS) is 1. The molecule has 0 spiro atoms. The number of nitrogens with one attached hydrogen (secondary N) is 2. The van der Waals surface area contributed by atoms with Crippen LogP contribution in [0.15, 0.2) is 73.8 Å². The molecule has 0 aliphatic heterocycles. The molecule has 2 atom stereocenters. The molecule has 1 aliphatic carbocycles. The first-order valence-corrected chi connectivity index (χ1v) is 14.0. The number of fused-ring (bicyclic) bond motifs is 3. The fourth-order valence-electron chi connectivity index (χ4n) is 4.90. The lowest BCUT2D eigenvalue weighted by atomic mass is 9.98. The number of hydrogen-bond donors (Lipinski definition) is 3. The van der Waals surface area contributed by atoms with E-state index in [2.05, 4.69) is 23.8 Å². The van der Waals surface area contributed by atoms with Gasteiger partial charge in [-0.05, 0) is 35.1 Å². The first kappa shape index (κ1) is 31.9. The van der Waals surface area contributed by atoms with E-state index in [9.17, 15) is 24.3 Å². The van der Waals surface area contributed by atoms with Crippen LogP contribution in [0.2, 0.25) is 0 Å². The maximum Gasteiger partial charge on any atom is 0.408 e. The Morgan fingerprint density at radius 3 is 1.81 bits per heavy atom. The average molecular weight is 579 g/mol. The van der Waals surface area contributed by atoms with Crippen molar-refractivity contribution in [1.29, 1.82) is 0 Å². The lowest BCUT2D eigenvalue weighted by Crippen LogP contribution is -2.42. The number of ether oxygens (including phenoxy) is 3. The summed E-state index contributed by atoms with van der Waals surface area (Å²) in [5, 5.41) is 14.6. The second-order valence-corrected chi connectivity index (χ2v) is 9.86. The first-order valence-electron chi connectivity index (χ1n) is 14.0. The van der Waals surface area contributed by atoms with Gasteiger partial charge in [0.05, 0.1) is 0 Å². The van der Waals surface area contributed by atoms with E-state index >= 15 is 0 Å². The lowest BCUT2D eigenvalue weighted by Gasteiger charge is -2.18. The Hall–Kier alpha value is -4.60. The van der Waals surface area contributed by atoms with E-state index in [1.54, 1.807) is 0 Å². The average Bonchev–Trinajstić information content (AvgIpc) is 3.31. The summed E-state index contributed by atoms with van der Waals surface area (Å²) in [5.41, 5.74) is 4.35. The molecular formula is C32H38N2O8. The predicted octanol–water partition coefficient (Wildman–Crippen LogP) is 5.33.